The van der Waals surface area contributed by atoms with E-state index in [1.165, 1.54) is 34.1 Å². The molecule has 3 aromatic rings. The van der Waals surface area contributed by atoms with E-state index in [9.17, 15) is 0 Å². The summed E-state index contributed by atoms with van der Waals surface area (Å²) in [6.07, 6.45) is 6.21. The van der Waals surface area contributed by atoms with Crippen molar-refractivity contribution in [2.45, 2.75) is 26.7 Å². The van der Waals surface area contributed by atoms with Gasteiger partial charge in [0.2, 0.25) is 0 Å². The summed E-state index contributed by atoms with van der Waals surface area (Å²) in [6, 6.07) is 10.7. The first-order valence-electron chi connectivity index (χ1n) is 6.82. The van der Waals surface area contributed by atoms with Crippen molar-refractivity contribution in [3.63, 3.8) is 0 Å². The molecule has 0 saturated carbocycles. The third-order valence-corrected chi connectivity index (χ3v) is 3.71. The van der Waals surface area contributed by atoms with Crippen molar-refractivity contribution in [1.29, 1.82) is 0 Å². The van der Waals surface area contributed by atoms with Gasteiger partial charge in [0.25, 0.3) is 0 Å². The molecular weight excluding hydrogens is 232 g/mol. The lowest BCUT2D eigenvalue weighted by atomic mass is 9.94. The number of rotatable bonds is 3. The topological polar surface area (TPSA) is 28.7 Å². The molecular formula is C17H18N2. The molecule has 0 spiro atoms. The number of aromatic nitrogens is 2. The van der Waals surface area contributed by atoms with Crippen molar-refractivity contribution in [1.82, 2.24) is 9.97 Å². The Hall–Kier alpha value is -2.09. The van der Waals surface area contributed by atoms with Crippen LogP contribution in [0.1, 0.15) is 24.5 Å². The van der Waals surface area contributed by atoms with Gasteiger partial charge >= 0.3 is 0 Å². The molecule has 0 fully saturated rings. The first kappa shape index (κ1) is 12.0. The molecule has 0 aliphatic rings. The van der Waals surface area contributed by atoms with Crippen molar-refractivity contribution in [3.8, 4) is 11.1 Å². The number of fused-ring (bicyclic) bond motifs is 1. The Morgan fingerprint density at radius 1 is 1.11 bits per heavy atom. The van der Waals surface area contributed by atoms with E-state index in [1.807, 2.05) is 12.3 Å². The number of benzene rings is 1. The maximum atomic E-state index is 4.36. The van der Waals surface area contributed by atoms with E-state index in [4.69, 9.17) is 0 Å². The normalized spacial score (nSPS) is 11.1. The van der Waals surface area contributed by atoms with Crippen LogP contribution >= 0.6 is 0 Å². The fourth-order valence-corrected chi connectivity index (χ4v) is 2.69. The summed E-state index contributed by atoms with van der Waals surface area (Å²) in [6.45, 7) is 4.44. The summed E-state index contributed by atoms with van der Waals surface area (Å²) in [7, 11) is 0. The van der Waals surface area contributed by atoms with Gasteiger partial charge in [0.15, 0.2) is 0 Å². The van der Waals surface area contributed by atoms with Gasteiger partial charge in [-0.05, 0) is 42.2 Å². The molecule has 0 unspecified atom stereocenters. The van der Waals surface area contributed by atoms with E-state index in [0.29, 0.717) is 0 Å². The molecule has 0 aliphatic heterocycles. The van der Waals surface area contributed by atoms with Gasteiger partial charge < -0.3 is 4.98 Å². The minimum absolute atomic E-state index is 0.956. The molecule has 0 radical (unpaired) electrons. The zero-order valence-electron chi connectivity index (χ0n) is 11.4. The Bertz CT molecular complexity index is 710. The van der Waals surface area contributed by atoms with Crippen LogP contribution in [0.25, 0.3) is 22.2 Å². The maximum absolute atomic E-state index is 4.36. The molecule has 0 aliphatic carbocycles. The molecule has 0 saturated heterocycles. The number of aryl methyl sites for hydroxylation is 1. The van der Waals surface area contributed by atoms with Gasteiger partial charge in [0.05, 0.1) is 0 Å². The summed E-state index contributed by atoms with van der Waals surface area (Å²) in [5.41, 5.74) is 6.34. The fourth-order valence-electron chi connectivity index (χ4n) is 2.69. The lowest BCUT2D eigenvalue weighted by Gasteiger charge is -2.10. The standard InChI is InChI=1S/C17H18N2/c1-3-6-13-7-4-8-14(12(13)2)16-11-19-17-15(16)9-5-10-18-17/h4-5,7-11H,3,6H2,1-2H3,(H,18,19). The Morgan fingerprint density at radius 3 is 2.84 bits per heavy atom. The Kier molecular flexibility index (Phi) is 3.08. The smallest absolute Gasteiger partial charge is 0.137 e. The second kappa shape index (κ2) is 4.88. The van der Waals surface area contributed by atoms with E-state index in [-0.39, 0.29) is 0 Å². The average molecular weight is 250 g/mol. The number of nitrogens with zero attached hydrogens (tertiary/aromatic N) is 1. The monoisotopic (exact) mass is 250 g/mol. The summed E-state index contributed by atoms with van der Waals surface area (Å²) in [5.74, 6) is 0. The molecule has 2 heterocycles. The van der Waals surface area contributed by atoms with E-state index in [1.54, 1.807) is 0 Å². The Labute approximate surface area is 113 Å². The van der Waals surface area contributed by atoms with Crippen molar-refractivity contribution in [2.24, 2.45) is 0 Å². The largest absolute Gasteiger partial charge is 0.346 e. The number of hydrogen-bond donors (Lipinski definition) is 1. The van der Waals surface area contributed by atoms with Crippen molar-refractivity contribution in [2.75, 3.05) is 0 Å². The van der Waals surface area contributed by atoms with Gasteiger partial charge in [-0.3, -0.25) is 0 Å². The van der Waals surface area contributed by atoms with Gasteiger partial charge in [0.1, 0.15) is 5.65 Å². The molecule has 1 N–H and O–H groups in total. The van der Waals surface area contributed by atoms with Gasteiger partial charge in [-0.15, -0.1) is 0 Å². The van der Waals surface area contributed by atoms with Crippen LogP contribution < -0.4 is 0 Å². The third kappa shape index (κ3) is 2.03. The van der Waals surface area contributed by atoms with Gasteiger partial charge in [-0.2, -0.15) is 0 Å². The highest BCUT2D eigenvalue weighted by atomic mass is 14.8. The lowest BCUT2D eigenvalue weighted by Crippen LogP contribution is -1.91. The first-order valence-corrected chi connectivity index (χ1v) is 6.82. The van der Waals surface area contributed by atoms with Crippen molar-refractivity contribution in [3.05, 3.63) is 53.9 Å². The lowest BCUT2D eigenvalue weighted by molar-refractivity contribution is 0.913. The quantitative estimate of drug-likeness (QED) is 0.729. The van der Waals surface area contributed by atoms with E-state index in [2.05, 4.69) is 54.3 Å². The van der Waals surface area contributed by atoms with Gasteiger partial charge in [0, 0.05) is 23.3 Å². The third-order valence-electron chi connectivity index (χ3n) is 3.71. The second-order valence-electron chi connectivity index (χ2n) is 4.94. The molecule has 96 valence electrons. The highest BCUT2D eigenvalue weighted by Gasteiger charge is 2.10. The summed E-state index contributed by atoms with van der Waals surface area (Å²) < 4.78 is 0. The number of hydrogen-bond acceptors (Lipinski definition) is 1. The zero-order valence-corrected chi connectivity index (χ0v) is 11.4. The van der Waals surface area contributed by atoms with Gasteiger partial charge in [-0.25, -0.2) is 4.98 Å². The Morgan fingerprint density at radius 2 is 2.00 bits per heavy atom. The SMILES string of the molecule is CCCc1cccc(-c2c[nH]c3ncccc23)c1C. The Balaban J connectivity index is 2.19. The van der Waals surface area contributed by atoms with Crippen LogP contribution in [0.2, 0.25) is 0 Å². The highest BCUT2D eigenvalue weighted by Crippen LogP contribution is 2.31. The molecule has 2 aromatic heterocycles. The van der Waals surface area contributed by atoms with Crippen LogP contribution in [0.5, 0.6) is 0 Å². The van der Waals surface area contributed by atoms with Crippen molar-refractivity contribution < 1.29 is 0 Å². The predicted octanol–water partition coefficient (Wildman–Crippen LogP) is 4.49. The number of nitrogens with one attached hydrogen (secondary N) is 1. The minimum Gasteiger partial charge on any atom is -0.346 e. The summed E-state index contributed by atoms with van der Waals surface area (Å²) >= 11 is 0. The van der Waals surface area contributed by atoms with Crippen LogP contribution in [0, 0.1) is 6.92 Å². The number of aromatic amines is 1. The minimum atomic E-state index is 0.956. The van der Waals surface area contributed by atoms with Crippen LogP contribution in [-0.2, 0) is 6.42 Å². The fraction of sp³-hybridized carbons (Fsp3) is 0.235. The van der Waals surface area contributed by atoms with Crippen LogP contribution in [0.15, 0.2) is 42.7 Å². The second-order valence-corrected chi connectivity index (χ2v) is 4.94. The number of H-pyrrole nitrogens is 1. The number of pyridine rings is 1. The highest BCUT2D eigenvalue weighted by molar-refractivity contribution is 5.94. The molecule has 1 aromatic carbocycles. The predicted molar refractivity (Wildman–Crippen MR) is 80.3 cm³/mol. The van der Waals surface area contributed by atoms with E-state index >= 15 is 0 Å². The molecule has 0 bridgehead atoms. The summed E-state index contributed by atoms with van der Waals surface area (Å²) in [5, 5.41) is 1.19. The molecule has 0 amide bonds. The van der Waals surface area contributed by atoms with Crippen molar-refractivity contribution >= 4 is 11.0 Å². The summed E-state index contributed by atoms with van der Waals surface area (Å²) in [4.78, 5) is 7.61. The van der Waals surface area contributed by atoms with Crippen LogP contribution in [0.4, 0.5) is 0 Å². The molecule has 2 nitrogen and oxygen atoms in total. The molecule has 2 heteroatoms. The zero-order chi connectivity index (χ0) is 13.2. The average Bonchev–Trinajstić information content (AvgIpc) is 2.85. The maximum Gasteiger partial charge on any atom is 0.137 e. The molecule has 3 rings (SSSR count). The van der Waals surface area contributed by atoms with E-state index in [0.717, 1.165) is 12.1 Å². The van der Waals surface area contributed by atoms with Crippen LogP contribution in [-0.4, -0.2) is 9.97 Å². The van der Waals surface area contributed by atoms with E-state index < -0.39 is 0 Å². The van der Waals surface area contributed by atoms with Gasteiger partial charge in [-0.1, -0.05) is 31.5 Å². The molecule has 19 heavy (non-hydrogen) atoms. The molecule has 0 atom stereocenters. The van der Waals surface area contributed by atoms with Crippen LogP contribution in [0.3, 0.4) is 0 Å². The first-order chi connectivity index (χ1) is 9.31.